The van der Waals surface area contributed by atoms with Crippen molar-refractivity contribution in [1.29, 1.82) is 0 Å². The summed E-state index contributed by atoms with van der Waals surface area (Å²) in [6.45, 7) is 1.48. The summed E-state index contributed by atoms with van der Waals surface area (Å²) in [7, 11) is 0. The molecule has 0 amide bonds. The van der Waals surface area contributed by atoms with Crippen LogP contribution in [0.15, 0.2) is 18.2 Å². The van der Waals surface area contributed by atoms with Crippen LogP contribution in [0.1, 0.15) is 12.5 Å². The minimum atomic E-state index is -3.03. The van der Waals surface area contributed by atoms with Gasteiger partial charge in [0.15, 0.2) is 0 Å². The SMILES string of the molecule is CC1Cc2c[c-]ccc2OC1(F)F.[Y]. The Labute approximate surface area is 107 Å². The van der Waals surface area contributed by atoms with Crippen LogP contribution in [-0.4, -0.2) is 6.11 Å². The van der Waals surface area contributed by atoms with Gasteiger partial charge < -0.3 is 4.74 Å². The molecule has 0 bridgehead atoms. The summed E-state index contributed by atoms with van der Waals surface area (Å²) in [5.74, 6) is -0.488. The standard InChI is InChI=1S/C10H9F2O.Y/c1-7-6-8-4-2-3-5-9(8)13-10(7,11)12;/h3-5,7H,6H2,1H3;/q-1;. The molecule has 1 aliphatic heterocycles. The van der Waals surface area contributed by atoms with Gasteiger partial charge in [-0.05, 0) is 0 Å². The van der Waals surface area contributed by atoms with Gasteiger partial charge in [-0.25, -0.2) is 0 Å². The van der Waals surface area contributed by atoms with Crippen molar-refractivity contribution in [2.24, 2.45) is 5.92 Å². The van der Waals surface area contributed by atoms with Crippen LogP contribution in [0.25, 0.3) is 0 Å². The quantitative estimate of drug-likeness (QED) is 0.660. The molecule has 2 rings (SSSR count). The van der Waals surface area contributed by atoms with Crippen molar-refractivity contribution in [2.45, 2.75) is 19.5 Å². The van der Waals surface area contributed by atoms with Gasteiger partial charge in [-0.15, -0.1) is 11.6 Å². The molecule has 1 heterocycles. The molecule has 0 aromatic heterocycles. The normalized spacial score (nSPS) is 22.9. The summed E-state index contributed by atoms with van der Waals surface area (Å²) in [4.78, 5) is 0. The average Bonchev–Trinajstić information content (AvgIpc) is 2.06. The molecular weight excluding hydrogens is 263 g/mol. The molecule has 4 heteroatoms. The molecule has 0 fully saturated rings. The molecule has 1 unspecified atom stereocenters. The van der Waals surface area contributed by atoms with Gasteiger partial charge in [0.05, 0.1) is 5.92 Å². The molecule has 1 radical (unpaired) electrons. The topological polar surface area (TPSA) is 9.23 Å². The maximum atomic E-state index is 13.0. The fourth-order valence-corrected chi connectivity index (χ4v) is 1.41. The van der Waals surface area contributed by atoms with Crippen LogP contribution in [0.3, 0.4) is 0 Å². The maximum absolute atomic E-state index is 13.0. The van der Waals surface area contributed by atoms with Crippen molar-refractivity contribution in [1.82, 2.24) is 0 Å². The van der Waals surface area contributed by atoms with Crippen molar-refractivity contribution < 1.29 is 46.2 Å². The smallest absolute Gasteiger partial charge is 0.397 e. The number of benzene rings is 1. The van der Waals surface area contributed by atoms with Crippen LogP contribution in [0.2, 0.25) is 0 Å². The Hall–Kier alpha value is -0.0161. The number of fused-ring (bicyclic) bond motifs is 1. The van der Waals surface area contributed by atoms with E-state index in [0.717, 1.165) is 5.56 Å². The number of rotatable bonds is 0. The number of hydrogen-bond donors (Lipinski definition) is 0. The van der Waals surface area contributed by atoms with E-state index >= 15 is 0 Å². The Morgan fingerprint density at radius 1 is 1.57 bits per heavy atom. The number of alkyl halides is 2. The van der Waals surface area contributed by atoms with Gasteiger partial charge in [0, 0.05) is 38.5 Å². The van der Waals surface area contributed by atoms with E-state index in [-0.39, 0.29) is 38.5 Å². The summed E-state index contributed by atoms with van der Waals surface area (Å²) < 4.78 is 30.7. The van der Waals surface area contributed by atoms with Crippen molar-refractivity contribution in [2.75, 3.05) is 0 Å². The predicted molar refractivity (Wildman–Crippen MR) is 43.7 cm³/mol. The molecule has 0 N–H and O–H groups in total. The van der Waals surface area contributed by atoms with Gasteiger partial charge in [0.1, 0.15) is 0 Å². The second-order valence-electron chi connectivity index (χ2n) is 3.30. The molecule has 1 aliphatic rings. The van der Waals surface area contributed by atoms with Gasteiger partial charge in [-0.3, -0.25) is 0 Å². The third-order valence-corrected chi connectivity index (χ3v) is 2.25. The zero-order valence-electron chi connectivity index (χ0n) is 7.76. The monoisotopic (exact) mass is 272 g/mol. The van der Waals surface area contributed by atoms with Crippen LogP contribution in [0, 0.1) is 12.0 Å². The van der Waals surface area contributed by atoms with Crippen LogP contribution in [-0.2, 0) is 39.1 Å². The summed E-state index contributed by atoms with van der Waals surface area (Å²) >= 11 is 0. The van der Waals surface area contributed by atoms with Gasteiger partial charge in [-0.2, -0.15) is 27.0 Å². The number of ether oxygens (including phenoxy) is 1. The Bertz CT molecular complexity index is 328. The van der Waals surface area contributed by atoms with Gasteiger partial charge >= 0.3 is 6.11 Å². The van der Waals surface area contributed by atoms with E-state index in [9.17, 15) is 8.78 Å². The number of hydrogen-bond acceptors (Lipinski definition) is 1. The van der Waals surface area contributed by atoms with Crippen molar-refractivity contribution in [3.05, 3.63) is 29.8 Å². The van der Waals surface area contributed by atoms with Gasteiger partial charge in [-0.1, -0.05) is 13.3 Å². The summed E-state index contributed by atoms with van der Waals surface area (Å²) in [5, 5.41) is 0. The van der Waals surface area contributed by atoms with Gasteiger partial charge in [0.2, 0.25) is 0 Å². The largest absolute Gasteiger partial charge is 0.459 e. The van der Waals surface area contributed by atoms with E-state index < -0.39 is 12.0 Å². The molecule has 0 aliphatic carbocycles. The number of halogens is 2. The van der Waals surface area contributed by atoms with E-state index in [1.807, 2.05) is 0 Å². The van der Waals surface area contributed by atoms with E-state index in [0.29, 0.717) is 6.42 Å². The first kappa shape index (κ1) is 12.1. The Balaban J connectivity index is 0.000000980. The molecular formula is C10H9F2OY-. The zero-order chi connectivity index (χ0) is 9.47. The van der Waals surface area contributed by atoms with E-state index in [4.69, 9.17) is 0 Å². The van der Waals surface area contributed by atoms with Crippen molar-refractivity contribution in [3.63, 3.8) is 0 Å². The summed E-state index contributed by atoms with van der Waals surface area (Å²) in [5.41, 5.74) is 0.806. The molecule has 0 saturated heterocycles. The predicted octanol–water partition coefficient (Wildman–Crippen LogP) is 2.65. The Kier molecular flexibility index (Phi) is 3.65. The third kappa shape index (κ3) is 2.14. The van der Waals surface area contributed by atoms with Gasteiger partial charge in [0.25, 0.3) is 0 Å². The van der Waals surface area contributed by atoms with Crippen LogP contribution < -0.4 is 4.74 Å². The van der Waals surface area contributed by atoms with Crippen LogP contribution >= 0.6 is 0 Å². The molecule has 1 nitrogen and oxygen atoms in total. The van der Waals surface area contributed by atoms with Crippen molar-refractivity contribution >= 4 is 0 Å². The Morgan fingerprint density at radius 3 is 3.00 bits per heavy atom. The molecule has 0 spiro atoms. The molecule has 1 atom stereocenters. The molecule has 1 aromatic carbocycles. The fraction of sp³-hybridized carbons (Fsp3) is 0.400. The first-order valence-corrected chi connectivity index (χ1v) is 4.15. The minimum absolute atomic E-state index is 0. The minimum Gasteiger partial charge on any atom is -0.459 e. The van der Waals surface area contributed by atoms with E-state index in [1.165, 1.54) is 13.0 Å². The molecule has 0 saturated carbocycles. The molecule has 14 heavy (non-hydrogen) atoms. The molecule has 73 valence electrons. The molecule has 1 aromatic rings. The van der Waals surface area contributed by atoms with Crippen LogP contribution in [0.4, 0.5) is 8.78 Å². The fourth-order valence-electron chi connectivity index (χ4n) is 1.41. The van der Waals surface area contributed by atoms with E-state index in [1.54, 1.807) is 12.1 Å². The van der Waals surface area contributed by atoms with E-state index in [2.05, 4.69) is 10.8 Å². The zero-order valence-corrected chi connectivity index (χ0v) is 10.6. The second kappa shape index (κ2) is 4.23. The second-order valence-corrected chi connectivity index (χ2v) is 3.30. The van der Waals surface area contributed by atoms with Crippen LogP contribution in [0.5, 0.6) is 5.75 Å². The maximum Gasteiger partial charge on any atom is 0.397 e. The first-order valence-electron chi connectivity index (χ1n) is 4.15. The van der Waals surface area contributed by atoms with Crippen molar-refractivity contribution in [3.8, 4) is 5.75 Å². The summed E-state index contributed by atoms with van der Waals surface area (Å²) in [6, 6.07) is 7.64. The first-order chi connectivity index (χ1) is 6.09. The third-order valence-electron chi connectivity index (χ3n) is 2.25. The summed E-state index contributed by atoms with van der Waals surface area (Å²) in [6.07, 6.45) is -2.69. The Morgan fingerprint density at radius 2 is 2.29 bits per heavy atom. The average molecular weight is 272 g/mol.